The van der Waals surface area contributed by atoms with Crippen LogP contribution in [0.3, 0.4) is 0 Å². The van der Waals surface area contributed by atoms with Gasteiger partial charge in [-0.1, -0.05) is 0 Å². The van der Waals surface area contributed by atoms with Crippen LogP contribution in [-0.4, -0.2) is 28.4 Å². The van der Waals surface area contributed by atoms with Gasteiger partial charge in [0.15, 0.2) is 0 Å². The number of rotatable bonds is 5. The van der Waals surface area contributed by atoms with E-state index in [0.29, 0.717) is 0 Å². The molecule has 68 heavy (non-hydrogen) atoms. The molecular formula is C60H37B2N3O2Se. The predicted octanol–water partition coefficient (Wildman–Crippen LogP) is 9.73. The molecule has 0 aliphatic carbocycles. The van der Waals surface area contributed by atoms with Crippen molar-refractivity contribution in [1.82, 2.24) is 0 Å². The maximum atomic E-state index is 7.32. The van der Waals surface area contributed by atoms with Crippen LogP contribution >= 0.6 is 0 Å². The SMILES string of the molecule is c1ccc(N(c2ccccc2)c2cc3c4c(c2)N(c2ccccc2)c2ccccc2B4c2cc4c(cc2[Se]3)Oc2cc3oc5ccccc5c3c3c2B4c2ccccc2N3c2ccccc2)cc1. The molecule has 0 atom stereocenters. The Morgan fingerprint density at radius 2 is 0.971 bits per heavy atom. The van der Waals surface area contributed by atoms with Crippen molar-refractivity contribution in [1.29, 1.82) is 0 Å². The van der Waals surface area contributed by atoms with E-state index in [9.17, 15) is 0 Å². The first-order valence-corrected chi connectivity index (χ1v) is 24.9. The van der Waals surface area contributed by atoms with Gasteiger partial charge in [-0.05, 0) is 0 Å². The van der Waals surface area contributed by atoms with Crippen molar-refractivity contribution in [3.8, 4) is 11.5 Å². The van der Waals surface area contributed by atoms with E-state index in [4.69, 9.17) is 9.15 Å². The molecule has 15 rings (SSSR count). The average Bonchev–Trinajstić information content (AvgIpc) is 3.77. The molecule has 0 saturated heterocycles. The summed E-state index contributed by atoms with van der Waals surface area (Å²) in [6.45, 7) is -0.0761. The first-order valence-electron chi connectivity index (χ1n) is 23.2. The Kier molecular flexibility index (Phi) is 8.20. The fourth-order valence-electron chi connectivity index (χ4n) is 11.6. The Bertz CT molecular complexity index is 3810. The van der Waals surface area contributed by atoms with Gasteiger partial charge in [0.25, 0.3) is 0 Å². The quantitative estimate of drug-likeness (QED) is 0.161. The van der Waals surface area contributed by atoms with Crippen molar-refractivity contribution >= 4 is 143 Å². The normalized spacial score (nSPS) is 13.5. The summed E-state index contributed by atoms with van der Waals surface area (Å²) in [7, 11) is 0. The van der Waals surface area contributed by atoms with Gasteiger partial charge >= 0.3 is 403 Å². The molecule has 10 aromatic carbocycles. The third kappa shape index (κ3) is 5.47. The summed E-state index contributed by atoms with van der Waals surface area (Å²) in [6, 6.07) is 81.7. The zero-order valence-electron chi connectivity index (χ0n) is 36.6. The number of benzene rings is 10. The Hall–Kier alpha value is -8.15. The molecule has 0 N–H and O–H groups in total. The number of ether oxygens (including phenoxy) is 1. The summed E-state index contributed by atoms with van der Waals surface area (Å²) >= 11 is -0.0687. The van der Waals surface area contributed by atoms with Crippen LogP contribution < -0.4 is 61.1 Å². The molecule has 8 heteroatoms. The number of para-hydroxylation sites is 7. The molecule has 5 heterocycles. The van der Waals surface area contributed by atoms with Crippen molar-refractivity contribution < 1.29 is 9.15 Å². The Morgan fingerprint density at radius 1 is 0.397 bits per heavy atom. The van der Waals surface area contributed by atoms with Crippen LogP contribution in [0.2, 0.25) is 0 Å². The molecule has 4 aliphatic rings. The number of hydrogen-bond donors (Lipinski definition) is 0. The molecule has 316 valence electrons. The molecule has 0 amide bonds. The van der Waals surface area contributed by atoms with E-state index >= 15 is 0 Å². The van der Waals surface area contributed by atoms with Gasteiger partial charge in [-0.25, -0.2) is 0 Å². The van der Waals surface area contributed by atoms with E-state index < -0.39 is 0 Å². The number of hydrogen-bond acceptors (Lipinski definition) is 5. The second kappa shape index (κ2) is 14.7. The van der Waals surface area contributed by atoms with E-state index in [0.717, 1.165) is 73.2 Å². The van der Waals surface area contributed by atoms with E-state index in [1.54, 1.807) is 0 Å². The fourth-order valence-corrected chi connectivity index (χ4v) is 14.1. The third-order valence-electron chi connectivity index (χ3n) is 14.3. The van der Waals surface area contributed by atoms with Crippen LogP contribution in [0, 0.1) is 0 Å². The summed E-state index contributed by atoms with van der Waals surface area (Å²) < 4.78 is 16.7. The summed E-state index contributed by atoms with van der Waals surface area (Å²) in [5.41, 5.74) is 19.7. The zero-order valence-corrected chi connectivity index (χ0v) is 38.3. The molecule has 1 aromatic heterocycles. The van der Waals surface area contributed by atoms with Crippen LogP contribution in [0.15, 0.2) is 229 Å². The summed E-state index contributed by atoms with van der Waals surface area (Å²) in [5.74, 6) is 1.76. The molecule has 0 bridgehead atoms. The van der Waals surface area contributed by atoms with Crippen LogP contribution in [0.1, 0.15) is 0 Å². The number of fused-ring (bicyclic) bond motifs is 12. The number of anilines is 9. The standard InChI is InChI=1S/C60H37B2N3O2Se/c1-5-19-38(20-6-1)63(39-21-7-2-8-22-39)42-33-50-58-56(34-42)68-55-37-52-46(35-47(55)62(58)44-28-14-16-30-48(44)64(50)40-23-9-3-10-24-40)61-45-29-15-17-31-49(45)65(41-25-11-4-12-26-41)60-57-43-27-13-18-32-51(43)66-53(57)36-54(67-52)59(60)61/h1-37H. The van der Waals surface area contributed by atoms with Gasteiger partial charge in [0.2, 0.25) is 0 Å². The Balaban J connectivity index is 0.991. The molecule has 0 radical (unpaired) electrons. The summed E-state index contributed by atoms with van der Waals surface area (Å²) in [4.78, 5) is 7.35. The summed E-state index contributed by atoms with van der Waals surface area (Å²) in [6.07, 6.45) is 0. The van der Waals surface area contributed by atoms with Crippen LogP contribution in [-0.2, 0) is 0 Å². The maximum absolute atomic E-state index is 7.32. The second-order valence-electron chi connectivity index (χ2n) is 17.9. The van der Waals surface area contributed by atoms with Gasteiger partial charge in [0.05, 0.1) is 0 Å². The molecule has 0 saturated carbocycles. The monoisotopic (exact) mass is 933 g/mol. The van der Waals surface area contributed by atoms with Crippen molar-refractivity contribution in [2.45, 2.75) is 0 Å². The topological polar surface area (TPSA) is 32.1 Å². The molecule has 5 nitrogen and oxygen atoms in total. The zero-order chi connectivity index (χ0) is 44.5. The van der Waals surface area contributed by atoms with Gasteiger partial charge < -0.3 is 0 Å². The molecule has 0 unspecified atom stereocenters. The van der Waals surface area contributed by atoms with Crippen LogP contribution in [0.5, 0.6) is 11.5 Å². The molecule has 11 aromatic rings. The van der Waals surface area contributed by atoms with Crippen LogP contribution in [0.4, 0.5) is 51.2 Å². The van der Waals surface area contributed by atoms with Crippen molar-refractivity contribution in [3.63, 3.8) is 0 Å². The van der Waals surface area contributed by atoms with E-state index in [-0.39, 0.29) is 28.4 Å². The minimum atomic E-state index is -0.0797. The Morgan fingerprint density at radius 3 is 1.66 bits per heavy atom. The summed E-state index contributed by atoms with van der Waals surface area (Å²) in [5, 5.41) is 2.20. The average molecular weight is 933 g/mol. The second-order valence-corrected chi connectivity index (χ2v) is 20.2. The number of furan rings is 1. The number of nitrogens with zero attached hydrogens (tertiary/aromatic N) is 3. The molecular weight excluding hydrogens is 895 g/mol. The van der Waals surface area contributed by atoms with E-state index in [2.05, 4.69) is 239 Å². The fraction of sp³-hybridized carbons (Fsp3) is 0. The van der Waals surface area contributed by atoms with Crippen molar-refractivity contribution in [3.05, 3.63) is 224 Å². The van der Waals surface area contributed by atoms with Crippen molar-refractivity contribution in [2.75, 3.05) is 14.7 Å². The first-order chi connectivity index (χ1) is 33.7. The first kappa shape index (κ1) is 38.0. The molecule has 0 fully saturated rings. The van der Waals surface area contributed by atoms with Crippen LogP contribution in [0.25, 0.3) is 21.9 Å². The molecule has 0 spiro atoms. The Labute approximate surface area is 400 Å². The van der Waals surface area contributed by atoms with E-state index in [1.807, 2.05) is 0 Å². The van der Waals surface area contributed by atoms with Gasteiger partial charge in [0.1, 0.15) is 0 Å². The van der Waals surface area contributed by atoms with Gasteiger partial charge in [-0.3, -0.25) is 0 Å². The van der Waals surface area contributed by atoms with Gasteiger partial charge in [-0.2, -0.15) is 0 Å². The van der Waals surface area contributed by atoms with Gasteiger partial charge in [-0.15, -0.1) is 0 Å². The predicted molar refractivity (Wildman–Crippen MR) is 285 cm³/mol. The van der Waals surface area contributed by atoms with Gasteiger partial charge in [0, 0.05) is 0 Å². The molecule has 4 aliphatic heterocycles. The van der Waals surface area contributed by atoms with E-state index in [1.165, 1.54) is 53.1 Å². The third-order valence-corrected chi connectivity index (χ3v) is 16.7. The minimum absolute atomic E-state index is 0.00357. The van der Waals surface area contributed by atoms with Crippen molar-refractivity contribution in [2.24, 2.45) is 0 Å².